The molecule has 1 aromatic carbocycles. The number of carbonyl (C=O) groups excluding carboxylic acids is 2. The quantitative estimate of drug-likeness (QED) is 0.850. The van der Waals surface area contributed by atoms with Crippen molar-refractivity contribution >= 4 is 11.7 Å². The van der Waals surface area contributed by atoms with Crippen molar-refractivity contribution in [3.05, 3.63) is 34.9 Å². The van der Waals surface area contributed by atoms with Gasteiger partial charge in [-0.05, 0) is 45.2 Å². The van der Waals surface area contributed by atoms with E-state index in [1.165, 1.54) is 0 Å². The van der Waals surface area contributed by atoms with Crippen LogP contribution in [0.2, 0.25) is 0 Å². The summed E-state index contributed by atoms with van der Waals surface area (Å²) in [7, 11) is 0. The van der Waals surface area contributed by atoms with Crippen LogP contribution in [0, 0.1) is 13.8 Å². The predicted molar refractivity (Wildman–Crippen MR) is 84.5 cm³/mol. The third-order valence-electron chi connectivity index (χ3n) is 4.28. The van der Waals surface area contributed by atoms with Gasteiger partial charge in [0.05, 0.1) is 0 Å². The van der Waals surface area contributed by atoms with E-state index in [0.717, 1.165) is 48.9 Å². The summed E-state index contributed by atoms with van der Waals surface area (Å²) < 4.78 is 0. The van der Waals surface area contributed by atoms with E-state index in [1.54, 1.807) is 6.92 Å². The first kappa shape index (κ1) is 15.7. The second-order valence-electron chi connectivity index (χ2n) is 6.23. The van der Waals surface area contributed by atoms with Gasteiger partial charge in [-0.25, -0.2) is 0 Å². The molecule has 1 atom stereocenters. The molecule has 1 aromatic rings. The van der Waals surface area contributed by atoms with Crippen molar-refractivity contribution in [2.24, 2.45) is 0 Å². The number of ketones is 1. The van der Waals surface area contributed by atoms with Crippen molar-refractivity contribution < 1.29 is 9.59 Å². The fourth-order valence-corrected chi connectivity index (χ4v) is 3.11. The number of Topliss-reactive ketones (excluding diaryl/α,β-unsaturated/α-hetero) is 1. The van der Waals surface area contributed by atoms with E-state index < -0.39 is 0 Å². The Balaban J connectivity index is 2.28. The van der Waals surface area contributed by atoms with Crippen LogP contribution >= 0.6 is 0 Å². The molecule has 1 saturated heterocycles. The Bertz CT molecular complexity index is 536. The van der Waals surface area contributed by atoms with E-state index in [4.69, 9.17) is 0 Å². The van der Waals surface area contributed by atoms with Crippen LogP contribution in [-0.4, -0.2) is 29.2 Å². The maximum absolute atomic E-state index is 12.9. The fraction of sp³-hybridized carbons (Fsp3) is 0.556. The lowest BCUT2D eigenvalue weighted by Gasteiger charge is -2.30. The number of hydrogen-bond donors (Lipinski definition) is 0. The minimum absolute atomic E-state index is 0.0670. The van der Waals surface area contributed by atoms with Crippen molar-refractivity contribution in [1.29, 1.82) is 0 Å². The van der Waals surface area contributed by atoms with Crippen LogP contribution in [-0.2, 0) is 4.79 Å². The summed E-state index contributed by atoms with van der Waals surface area (Å²) in [5.41, 5.74) is 2.89. The number of aryl methyl sites for hydroxylation is 2. The molecule has 0 bridgehead atoms. The number of amides is 1. The van der Waals surface area contributed by atoms with Crippen LogP contribution in [0.25, 0.3) is 0 Å². The van der Waals surface area contributed by atoms with Gasteiger partial charge in [-0.3, -0.25) is 9.59 Å². The van der Waals surface area contributed by atoms with Gasteiger partial charge < -0.3 is 4.90 Å². The van der Waals surface area contributed by atoms with Crippen molar-refractivity contribution in [3.8, 4) is 0 Å². The number of benzene rings is 1. The molecule has 0 saturated carbocycles. The molecule has 3 heteroatoms. The van der Waals surface area contributed by atoms with Crippen molar-refractivity contribution in [2.75, 3.05) is 6.54 Å². The molecule has 0 aromatic heterocycles. The summed E-state index contributed by atoms with van der Waals surface area (Å²) in [5.74, 6) is 0.255. The summed E-state index contributed by atoms with van der Waals surface area (Å²) in [6.45, 7) is 6.37. The van der Waals surface area contributed by atoms with Crippen LogP contribution in [0.3, 0.4) is 0 Å². The lowest BCUT2D eigenvalue weighted by molar-refractivity contribution is -0.118. The molecular formula is C18H25NO2. The zero-order chi connectivity index (χ0) is 15.4. The van der Waals surface area contributed by atoms with Crippen LogP contribution in [0.1, 0.15) is 60.5 Å². The lowest BCUT2D eigenvalue weighted by Crippen LogP contribution is -2.41. The molecule has 0 radical (unpaired) electrons. The third-order valence-corrected chi connectivity index (χ3v) is 4.28. The summed E-state index contributed by atoms with van der Waals surface area (Å²) in [5, 5.41) is 0. The minimum Gasteiger partial charge on any atom is -0.335 e. The highest BCUT2D eigenvalue weighted by molar-refractivity contribution is 5.96. The average Bonchev–Trinajstić information content (AvgIpc) is 2.65. The molecule has 2 rings (SSSR count). The zero-order valence-corrected chi connectivity index (χ0v) is 13.3. The van der Waals surface area contributed by atoms with Gasteiger partial charge in [0.15, 0.2) is 0 Å². The molecule has 0 aliphatic carbocycles. The smallest absolute Gasteiger partial charge is 0.254 e. The highest BCUT2D eigenvalue weighted by atomic mass is 16.2. The van der Waals surface area contributed by atoms with Gasteiger partial charge in [0.2, 0.25) is 0 Å². The molecular weight excluding hydrogens is 262 g/mol. The van der Waals surface area contributed by atoms with Gasteiger partial charge in [0.1, 0.15) is 5.78 Å². The maximum atomic E-state index is 12.9. The van der Waals surface area contributed by atoms with Crippen LogP contribution in [0.5, 0.6) is 0 Å². The van der Waals surface area contributed by atoms with E-state index in [2.05, 4.69) is 0 Å². The summed E-state index contributed by atoms with van der Waals surface area (Å²) in [6, 6.07) is 6.06. The normalized spacial score (nSPS) is 19.2. The fourth-order valence-electron chi connectivity index (χ4n) is 3.11. The highest BCUT2D eigenvalue weighted by Gasteiger charge is 2.27. The van der Waals surface area contributed by atoms with E-state index in [-0.39, 0.29) is 17.7 Å². The second-order valence-corrected chi connectivity index (χ2v) is 6.23. The van der Waals surface area contributed by atoms with E-state index in [0.29, 0.717) is 6.42 Å². The molecule has 1 aliphatic heterocycles. The predicted octanol–water partition coefficient (Wildman–Crippen LogP) is 3.67. The Hall–Kier alpha value is -1.64. The Kier molecular flexibility index (Phi) is 5.16. The highest BCUT2D eigenvalue weighted by Crippen LogP contribution is 2.23. The van der Waals surface area contributed by atoms with E-state index in [1.807, 2.05) is 36.9 Å². The topological polar surface area (TPSA) is 37.4 Å². The van der Waals surface area contributed by atoms with Crippen LogP contribution in [0.4, 0.5) is 0 Å². The monoisotopic (exact) mass is 287 g/mol. The van der Waals surface area contributed by atoms with Gasteiger partial charge in [0, 0.05) is 24.6 Å². The number of likely N-dealkylation sites (tertiary alicyclic amines) is 1. The standard InChI is InChI=1S/C18H25NO2/c1-13-8-9-14(2)17(11-13)18(21)19-10-6-4-5-7-16(19)12-15(3)20/h8-9,11,16H,4-7,10,12H2,1-3H3. The molecule has 1 unspecified atom stereocenters. The minimum atomic E-state index is 0.0670. The van der Waals surface area contributed by atoms with E-state index in [9.17, 15) is 9.59 Å². The molecule has 1 heterocycles. The summed E-state index contributed by atoms with van der Waals surface area (Å²) in [6.07, 6.45) is 4.71. The summed E-state index contributed by atoms with van der Waals surface area (Å²) in [4.78, 5) is 26.4. The van der Waals surface area contributed by atoms with E-state index >= 15 is 0 Å². The van der Waals surface area contributed by atoms with Gasteiger partial charge >= 0.3 is 0 Å². The van der Waals surface area contributed by atoms with Gasteiger partial charge in [0.25, 0.3) is 5.91 Å². The molecule has 0 N–H and O–H groups in total. The molecule has 0 spiro atoms. The molecule has 3 nitrogen and oxygen atoms in total. The molecule has 114 valence electrons. The number of carbonyl (C=O) groups is 2. The number of hydrogen-bond acceptors (Lipinski definition) is 2. The number of nitrogens with zero attached hydrogens (tertiary/aromatic N) is 1. The Morgan fingerprint density at radius 3 is 2.67 bits per heavy atom. The second kappa shape index (κ2) is 6.88. The SMILES string of the molecule is CC(=O)CC1CCCCCN1C(=O)c1cc(C)ccc1C. The molecule has 1 fully saturated rings. The zero-order valence-electron chi connectivity index (χ0n) is 13.3. The first-order chi connectivity index (χ1) is 9.99. The number of rotatable bonds is 3. The molecule has 1 aliphatic rings. The Morgan fingerprint density at radius 1 is 1.19 bits per heavy atom. The first-order valence-electron chi connectivity index (χ1n) is 7.86. The average molecular weight is 287 g/mol. The van der Waals surface area contributed by atoms with Crippen LogP contribution < -0.4 is 0 Å². The lowest BCUT2D eigenvalue weighted by atomic mass is 10.0. The van der Waals surface area contributed by atoms with Crippen molar-refractivity contribution in [2.45, 2.75) is 58.9 Å². The van der Waals surface area contributed by atoms with Gasteiger partial charge in [-0.2, -0.15) is 0 Å². The largest absolute Gasteiger partial charge is 0.335 e. The Morgan fingerprint density at radius 2 is 1.95 bits per heavy atom. The van der Waals surface area contributed by atoms with Crippen LogP contribution in [0.15, 0.2) is 18.2 Å². The maximum Gasteiger partial charge on any atom is 0.254 e. The van der Waals surface area contributed by atoms with Crippen molar-refractivity contribution in [3.63, 3.8) is 0 Å². The van der Waals surface area contributed by atoms with Gasteiger partial charge in [-0.15, -0.1) is 0 Å². The third kappa shape index (κ3) is 3.93. The molecule has 21 heavy (non-hydrogen) atoms. The molecule has 1 amide bonds. The van der Waals surface area contributed by atoms with Crippen molar-refractivity contribution in [1.82, 2.24) is 4.90 Å². The Labute approximate surface area is 127 Å². The van der Waals surface area contributed by atoms with Gasteiger partial charge in [-0.1, -0.05) is 30.5 Å². The summed E-state index contributed by atoms with van der Waals surface area (Å²) >= 11 is 0. The first-order valence-corrected chi connectivity index (χ1v) is 7.86.